The van der Waals surface area contributed by atoms with Gasteiger partial charge in [-0.3, -0.25) is 0 Å². The molecular weight excluding hydrogens is 350 g/mol. The lowest BCUT2D eigenvalue weighted by Crippen LogP contribution is -2.35. The largest absolute Gasteiger partial charge is 0.243 e. The van der Waals surface area contributed by atoms with Crippen molar-refractivity contribution in [2.24, 2.45) is 5.41 Å². The van der Waals surface area contributed by atoms with Gasteiger partial charge in [0.25, 0.3) is 0 Å². The first kappa shape index (κ1) is 16.7. The Morgan fingerprint density at radius 2 is 1.95 bits per heavy atom. The van der Waals surface area contributed by atoms with E-state index in [9.17, 15) is 8.42 Å². The van der Waals surface area contributed by atoms with Gasteiger partial charge in [0.15, 0.2) is 0 Å². The standard InChI is InChI=1S/C16H22BrNO2S/c1-13-6-8-15(9-7-13)21(19,20)18-12-16(2,3)11-14(18)5-4-10-17/h4-9,14H,10-12H2,1-3H3/b5-4+. The Labute approximate surface area is 136 Å². The molecule has 1 unspecified atom stereocenters. The minimum Gasteiger partial charge on any atom is -0.207 e. The van der Waals surface area contributed by atoms with E-state index < -0.39 is 10.0 Å². The molecule has 1 heterocycles. The quantitative estimate of drug-likeness (QED) is 0.597. The molecule has 1 atom stereocenters. The average Bonchev–Trinajstić information content (AvgIpc) is 2.73. The molecule has 0 amide bonds. The van der Waals surface area contributed by atoms with Crippen LogP contribution in [-0.4, -0.2) is 30.6 Å². The predicted octanol–water partition coefficient (Wildman–Crippen LogP) is 3.74. The molecule has 0 radical (unpaired) electrons. The molecule has 1 aliphatic heterocycles. The SMILES string of the molecule is Cc1ccc(S(=O)(=O)N2CC(C)(C)CC2/C=C/CBr)cc1. The number of nitrogens with zero attached hydrogens (tertiary/aromatic N) is 1. The lowest BCUT2D eigenvalue weighted by molar-refractivity contribution is 0.373. The highest BCUT2D eigenvalue weighted by molar-refractivity contribution is 9.09. The second kappa shape index (κ2) is 6.23. The van der Waals surface area contributed by atoms with Crippen molar-refractivity contribution in [3.63, 3.8) is 0 Å². The van der Waals surface area contributed by atoms with Crippen LogP contribution in [0.3, 0.4) is 0 Å². The van der Waals surface area contributed by atoms with Crippen LogP contribution < -0.4 is 0 Å². The molecule has 3 nitrogen and oxygen atoms in total. The van der Waals surface area contributed by atoms with E-state index in [2.05, 4.69) is 29.8 Å². The summed E-state index contributed by atoms with van der Waals surface area (Å²) in [6.45, 7) is 6.75. The summed E-state index contributed by atoms with van der Waals surface area (Å²) in [5.74, 6) is 0. The van der Waals surface area contributed by atoms with Crippen LogP contribution >= 0.6 is 15.9 Å². The molecule has 0 bridgehead atoms. The van der Waals surface area contributed by atoms with Gasteiger partial charge < -0.3 is 0 Å². The van der Waals surface area contributed by atoms with Gasteiger partial charge in [-0.05, 0) is 30.9 Å². The van der Waals surface area contributed by atoms with Crippen LogP contribution in [0.4, 0.5) is 0 Å². The zero-order valence-electron chi connectivity index (χ0n) is 12.7. The molecule has 116 valence electrons. The summed E-state index contributed by atoms with van der Waals surface area (Å²) in [5.41, 5.74) is 1.06. The van der Waals surface area contributed by atoms with Gasteiger partial charge >= 0.3 is 0 Å². The van der Waals surface area contributed by atoms with Crippen molar-refractivity contribution in [1.29, 1.82) is 0 Å². The number of alkyl halides is 1. The number of hydrogen-bond donors (Lipinski definition) is 0. The summed E-state index contributed by atoms with van der Waals surface area (Å²) in [4.78, 5) is 0.378. The number of benzene rings is 1. The fraction of sp³-hybridized carbons (Fsp3) is 0.500. The Balaban J connectivity index is 2.36. The van der Waals surface area contributed by atoms with Crippen molar-refractivity contribution in [3.8, 4) is 0 Å². The van der Waals surface area contributed by atoms with E-state index in [1.165, 1.54) is 0 Å². The summed E-state index contributed by atoms with van der Waals surface area (Å²) in [5, 5.41) is 0.738. The first-order chi connectivity index (χ1) is 9.76. The molecule has 0 aliphatic carbocycles. The first-order valence-corrected chi connectivity index (χ1v) is 9.63. The van der Waals surface area contributed by atoms with E-state index in [1.54, 1.807) is 16.4 Å². The van der Waals surface area contributed by atoms with Crippen LogP contribution in [0.5, 0.6) is 0 Å². The third-order valence-corrected chi connectivity index (χ3v) is 6.05. The van der Waals surface area contributed by atoms with Crippen LogP contribution in [0, 0.1) is 12.3 Å². The highest BCUT2D eigenvalue weighted by Gasteiger charge is 2.42. The number of hydrogen-bond acceptors (Lipinski definition) is 2. The molecule has 0 aromatic heterocycles. The summed E-state index contributed by atoms with van der Waals surface area (Å²) >= 11 is 3.35. The molecule has 1 aromatic carbocycles. The van der Waals surface area contributed by atoms with Crippen molar-refractivity contribution in [1.82, 2.24) is 4.31 Å². The first-order valence-electron chi connectivity index (χ1n) is 7.07. The van der Waals surface area contributed by atoms with E-state index in [-0.39, 0.29) is 11.5 Å². The molecule has 1 fully saturated rings. The number of halogens is 1. The number of allylic oxidation sites excluding steroid dienone is 1. The van der Waals surface area contributed by atoms with Crippen LogP contribution in [0.15, 0.2) is 41.3 Å². The minimum atomic E-state index is -3.44. The summed E-state index contributed by atoms with van der Waals surface area (Å²) in [6, 6.07) is 7.01. The van der Waals surface area contributed by atoms with Crippen LogP contribution in [0.1, 0.15) is 25.8 Å². The topological polar surface area (TPSA) is 37.4 Å². The zero-order chi connectivity index (χ0) is 15.7. The van der Waals surface area contributed by atoms with Crippen molar-refractivity contribution in [3.05, 3.63) is 42.0 Å². The maximum atomic E-state index is 12.9. The van der Waals surface area contributed by atoms with Crippen molar-refractivity contribution < 1.29 is 8.42 Å². The van der Waals surface area contributed by atoms with Crippen LogP contribution in [-0.2, 0) is 10.0 Å². The molecule has 5 heteroatoms. The van der Waals surface area contributed by atoms with Gasteiger partial charge in [-0.1, -0.05) is 59.6 Å². The summed E-state index contributed by atoms with van der Waals surface area (Å²) in [7, 11) is -3.44. The Morgan fingerprint density at radius 3 is 2.52 bits per heavy atom. The average molecular weight is 372 g/mol. The minimum absolute atomic E-state index is 0.000906. The molecular formula is C16H22BrNO2S. The predicted molar refractivity (Wildman–Crippen MR) is 90.2 cm³/mol. The fourth-order valence-corrected chi connectivity index (χ4v) is 4.74. The Kier molecular flexibility index (Phi) is 4.96. The molecule has 1 saturated heterocycles. The van der Waals surface area contributed by atoms with E-state index in [0.29, 0.717) is 11.4 Å². The van der Waals surface area contributed by atoms with Crippen molar-refractivity contribution in [2.75, 3.05) is 11.9 Å². The Hall–Kier alpha value is -0.650. The highest BCUT2D eigenvalue weighted by Crippen LogP contribution is 2.38. The second-order valence-corrected chi connectivity index (χ2v) is 8.92. The van der Waals surface area contributed by atoms with Gasteiger partial charge in [-0.25, -0.2) is 8.42 Å². The molecule has 1 aromatic rings. The monoisotopic (exact) mass is 371 g/mol. The second-order valence-electron chi connectivity index (χ2n) is 6.38. The molecule has 21 heavy (non-hydrogen) atoms. The van der Waals surface area contributed by atoms with Gasteiger partial charge in [0, 0.05) is 17.9 Å². The van der Waals surface area contributed by atoms with Gasteiger partial charge in [0.05, 0.1) is 4.90 Å². The number of rotatable bonds is 4. The van der Waals surface area contributed by atoms with Crippen LogP contribution in [0.25, 0.3) is 0 Å². The zero-order valence-corrected chi connectivity index (χ0v) is 15.1. The molecule has 2 rings (SSSR count). The van der Waals surface area contributed by atoms with E-state index in [1.807, 2.05) is 31.2 Å². The third-order valence-electron chi connectivity index (χ3n) is 3.79. The lowest BCUT2D eigenvalue weighted by Gasteiger charge is -2.22. The fourth-order valence-electron chi connectivity index (χ4n) is 2.75. The number of aryl methyl sites for hydroxylation is 1. The van der Waals surface area contributed by atoms with Crippen molar-refractivity contribution in [2.45, 2.75) is 38.1 Å². The van der Waals surface area contributed by atoms with Gasteiger partial charge in [-0.15, -0.1) is 0 Å². The van der Waals surface area contributed by atoms with E-state index in [4.69, 9.17) is 0 Å². The number of sulfonamides is 1. The third kappa shape index (κ3) is 3.76. The Morgan fingerprint density at radius 1 is 1.33 bits per heavy atom. The molecule has 0 spiro atoms. The van der Waals surface area contributed by atoms with Gasteiger partial charge in [-0.2, -0.15) is 4.31 Å². The van der Waals surface area contributed by atoms with Gasteiger partial charge in [0.2, 0.25) is 10.0 Å². The molecule has 0 N–H and O–H groups in total. The Bertz CT molecular complexity index is 620. The molecule has 1 aliphatic rings. The molecule has 0 saturated carbocycles. The van der Waals surface area contributed by atoms with Gasteiger partial charge in [0.1, 0.15) is 0 Å². The van der Waals surface area contributed by atoms with E-state index >= 15 is 0 Å². The van der Waals surface area contributed by atoms with Crippen LogP contribution in [0.2, 0.25) is 0 Å². The maximum absolute atomic E-state index is 12.9. The highest BCUT2D eigenvalue weighted by atomic mass is 79.9. The lowest BCUT2D eigenvalue weighted by atomic mass is 9.90. The smallest absolute Gasteiger partial charge is 0.207 e. The van der Waals surface area contributed by atoms with Crippen molar-refractivity contribution >= 4 is 26.0 Å². The summed E-state index contributed by atoms with van der Waals surface area (Å²) < 4.78 is 27.4. The van der Waals surface area contributed by atoms with E-state index in [0.717, 1.165) is 17.3 Å². The maximum Gasteiger partial charge on any atom is 0.243 e. The summed E-state index contributed by atoms with van der Waals surface area (Å²) in [6.07, 6.45) is 4.82. The normalized spacial score (nSPS) is 23.0.